The number of pyridine rings is 1. The molecule has 2 heterocycles. The Kier molecular flexibility index (Phi) is 9.38. The largest absolute Gasteiger partial charge is 0.497 e. The lowest BCUT2D eigenvalue weighted by atomic mass is 9.71. The summed E-state index contributed by atoms with van der Waals surface area (Å²) in [5, 5.41) is 10.3. The van der Waals surface area contributed by atoms with Gasteiger partial charge in [0.1, 0.15) is 29.4 Å². The van der Waals surface area contributed by atoms with Gasteiger partial charge in [0.2, 0.25) is 0 Å². The number of rotatable bonds is 11. The molecule has 1 aliphatic rings. The monoisotopic (exact) mass is 564 g/mol. The Hall–Kier alpha value is -2.85. The van der Waals surface area contributed by atoms with E-state index in [2.05, 4.69) is 9.88 Å². The number of halogens is 4. The Morgan fingerprint density at radius 1 is 1.18 bits per heavy atom. The molecule has 39 heavy (non-hydrogen) atoms. The summed E-state index contributed by atoms with van der Waals surface area (Å²) in [4.78, 5) is 18.1. The van der Waals surface area contributed by atoms with E-state index in [4.69, 9.17) is 4.74 Å². The number of benzene rings is 2. The second kappa shape index (κ2) is 12.6. The van der Waals surface area contributed by atoms with Crippen LogP contribution in [-0.4, -0.2) is 53.5 Å². The van der Waals surface area contributed by atoms with Crippen molar-refractivity contribution >= 4 is 28.6 Å². The zero-order chi connectivity index (χ0) is 28.2. The molecule has 0 spiro atoms. The minimum Gasteiger partial charge on any atom is -0.497 e. The van der Waals surface area contributed by atoms with Crippen LogP contribution in [0.4, 0.5) is 17.6 Å². The highest BCUT2D eigenvalue weighted by Crippen LogP contribution is 2.43. The lowest BCUT2D eigenvalue weighted by Gasteiger charge is -2.41. The van der Waals surface area contributed by atoms with Gasteiger partial charge in [0.25, 0.3) is 0 Å². The summed E-state index contributed by atoms with van der Waals surface area (Å²) in [5.41, 5.74) is 1.42. The molecular formula is C29H32F4N2O3S. The minimum absolute atomic E-state index is 0.0434. The van der Waals surface area contributed by atoms with Gasteiger partial charge < -0.3 is 14.7 Å². The van der Waals surface area contributed by atoms with Crippen LogP contribution < -0.4 is 4.74 Å². The Bertz CT molecular complexity index is 1310. The van der Waals surface area contributed by atoms with E-state index in [0.29, 0.717) is 79.0 Å². The number of fused-ring (bicyclic) bond motifs is 1. The van der Waals surface area contributed by atoms with Gasteiger partial charge in [0.05, 0.1) is 23.9 Å². The lowest BCUT2D eigenvalue weighted by molar-refractivity contribution is -0.141. The molecule has 5 nitrogen and oxygen atoms in total. The second-order valence-electron chi connectivity index (χ2n) is 10.2. The lowest BCUT2D eigenvalue weighted by Crippen LogP contribution is -2.42. The highest BCUT2D eigenvalue weighted by Gasteiger charge is 2.37. The van der Waals surface area contributed by atoms with E-state index in [1.165, 1.54) is 0 Å². The topological polar surface area (TPSA) is 62.7 Å². The van der Waals surface area contributed by atoms with E-state index in [1.54, 1.807) is 31.5 Å². The molecule has 2 aromatic carbocycles. The third-order valence-corrected chi connectivity index (χ3v) is 8.68. The molecular weight excluding hydrogens is 532 g/mol. The van der Waals surface area contributed by atoms with Crippen molar-refractivity contribution in [2.75, 3.05) is 32.5 Å². The number of carboxylic acid groups (broad SMARTS) is 1. The smallest absolute Gasteiger partial charge is 0.303 e. The van der Waals surface area contributed by atoms with Gasteiger partial charge in [-0.3, -0.25) is 9.78 Å². The van der Waals surface area contributed by atoms with Crippen molar-refractivity contribution in [1.29, 1.82) is 0 Å². The number of thioether (sulfide) groups is 1. The molecule has 1 aromatic heterocycles. The zero-order valence-electron chi connectivity index (χ0n) is 22.0. The minimum atomic E-state index is -1.29. The first-order valence-corrected chi connectivity index (χ1v) is 13.9. The Labute approximate surface area is 229 Å². The Morgan fingerprint density at radius 2 is 1.87 bits per heavy atom. The first kappa shape index (κ1) is 29.1. The number of aromatic nitrogens is 1. The van der Waals surface area contributed by atoms with Crippen molar-refractivity contribution < 1.29 is 32.2 Å². The van der Waals surface area contributed by atoms with Crippen LogP contribution in [0.25, 0.3) is 10.9 Å². The number of carbonyl (C=O) groups is 1. The molecule has 0 aliphatic carbocycles. The van der Waals surface area contributed by atoms with E-state index >= 15 is 4.39 Å². The fraction of sp³-hybridized carbons (Fsp3) is 0.448. The molecule has 210 valence electrons. The summed E-state index contributed by atoms with van der Waals surface area (Å²) >= 11 is 0.987. The second-order valence-corrected chi connectivity index (χ2v) is 11.3. The molecule has 0 radical (unpaired) electrons. The van der Waals surface area contributed by atoms with Crippen molar-refractivity contribution in [3.63, 3.8) is 0 Å². The van der Waals surface area contributed by atoms with Crippen LogP contribution in [0.2, 0.25) is 0 Å². The number of ether oxygens (including phenoxy) is 1. The summed E-state index contributed by atoms with van der Waals surface area (Å²) < 4.78 is 62.1. The van der Waals surface area contributed by atoms with Crippen LogP contribution in [0.15, 0.2) is 41.4 Å². The number of alkyl halides is 1. The fourth-order valence-corrected chi connectivity index (χ4v) is 6.39. The highest BCUT2D eigenvalue weighted by atomic mass is 32.2. The average molecular weight is 565 g/mol. The van der Waals surface area contributed by atoms with Crippen LogP contribution in [0.3, 0.4) is 0 Å². The summed E-state index contributed by atoms with van der Waals surface area (Å²) in [5.74, 6) is -2.70. The molecule has 0 amide bonds. The number of aryl methyl sites for hydroxylation is 1. The third-order valence-electron chi connectivity index (χ3n) is 7.62. The highest BCUT2D eigenvalue weighted by molar-refractivity contribution is 7.99. The van der Waals surface area contributed by atoms with Crippen molar-refractivity contribution in [1.82, 2.24) is 9.88 Å². The normalized spacial score (nSPS) is 16.4. The van der Waals surface area contributed by atoms with E-state index in [-0.39, 0.29) is 17.7 Å². The third kappa shape index (κ3) is 7.03. The quantitative estimate of drug-likeness (QED) is 0.198. The van der Waals surface area contributed by atoms with Crippen molar-refractivity contribution in [3.8, 4) is 5.75 Å². The zero-order valence-corrected chi connectivity index (χ0v) is 22.8. The molecule has 0 saturated carbocycles. The number of carboxylic acids is 1. The molecule has 0 bridgehead atoms. The predicted octanol–water partition coefficient (Wildman–Crippen LogP) is 7.11. The maximum atomic E-state index is 15.8. The van der Waals surface area contributed by atoms with Gasteiger partial charge in [-0.15, -0.1) is 11.8 Å². The van der Waals surface area contributed by atoms with Gasteiger partial charge in [-0.25, -0.2) is 17.6 Å². The van der Waals surface area contributed by atoms with E-state index in [1.807, 2.05) is 6.92 Å². The van der Waals surface area contributed by atoms with E-state index in [9.17, 15) is 23.1 Å². The number of hydrogen-bond donors (Lipinski definition) is 1. The summed E-state index contributed by atoms with van der Waals surface area (Å²) in [6.07, 6.45) is 2.09. The van der Waals surface area contributed by atoms with Crippen LogP contribution >= 0.6 is 11.8 Å². The van der Waals surface area contributed by atoms with Crippen molar-refractivity contribution in [2.24, 2.45) is 5.41 Å². The molecule has 1 unspecified atom stereocenters. The van der Waals surface area contributed by atoms with Crippen LogP contribution in [0, 0.1) is 29.8 Å². The first-order valence-electron chi connectivity index (χ1n) is 12.9. The number of hydrogen-bond acceptors (Lipinski definition) is 5. The molecule has 1 N–H and O–H groups in total. The van der Waals surface area contributed by atoms with Gasteiger partial charge in [0.15, 0.2) is 0 Å². The van der Waals surface area contributed by atoms with E-state index in [0.717, 1.165) is 17.3 Å². The Balaban J connectivity index is 1.39. The first-order chi connectivity index (χ1) is 18.6. The predicted molar refractivity (Wildman–Crippen MR) is 144 cm³/mol. The maximum Gasteiger partial charge on any atom is 0.303 e. The summed E-state index contributed by atoms with van der Waals surface area (Å²) in [6, 6.07) is 6.68. The van der Waals surface area contributed by atoms with Crippen molar-refractivity contribution in [2.45, 2.75) is 50.1 Å². The van der Waals surface area contributed by atoms with Crippen LogP contribution in [0.1, 0.15) is 49.4 Å². The summed E-state index contributed by atoms with van der Waals surface area (Å²) in [7, 11) is 1.55. The molecule has 4 rings (SSSR count). The van der Waals surface area contributed by atoms with Crippen LogP contribution in [-0.2, 0) is 4.79 Å². The number of nitrogens with zero attached hydrogens (tertiary/aromatic N) is 2. The molecule has 1 saturated heterocycles. The van der Waals surface area contributed by atoms with E-state index < -0.39 is 35.0 Å². The SMILES string of the molecule is COc1ccc2ncc(C)c(C(F)CCC3(CC(=O)O)CCN(CCSc4c(F)cc(F)cc4F)CC3)c2c1. The Morgan fingerprint density at radius 3 is 2.51 bits per heavy atom. The standard InChI is InChI=1S/C29H32F4N2O3S/c1-18-17-34-25-4-3-20(38-2)15-21(25)27(18)22(31)5-6-29(16-26(36)37)7-9-35(10-8-29)11-12-39-28-23(32)13-19(30)14-24(28)33/h3-4,13-15,17,22H,5-12,16H2,1-2H3,(H,36,37). The van der Waals surface area contributed by atoms with Gasteiger partial charge in [-0.05, 0) is 80.4 Å². The van der Waals surface area contributed by atoms with Gasteiger partial charge in [-0.2, -0.15) is 0 Å². The average Bonchev–Trinajstić information content (AvgIpc) is 2.89. The number of aliphatic carboxylic acids is 1. The summed E-state index contributed by atoms with van der Waals surface area (Å²) in [6.45, 7) is 3.57. The number of likely N-dealkylation sites (tertiary alicyclic amines) is 1. The molecule has 10 heteroatoms. The van der Waals surface area contributed by atoms with Gasteiger partial charge >= 0.3 is 5.97 Å². The van der Waals surface area contributed by atoms with Crippen molar-refractivity contribution in [3.05, 3.63) is 65.1 Å². The molecule has 1 fully saturated rings. The molecule has 1 aliphatic heterocycles. The molecule has 1 atom stereocenters. The fourth-order valence-electron chi connectivity index (χ4n) is 5.44. The van der Waals surface area contributed by atoms with Gasteiger partial charge in [0, 0.05) is 36.0 Å². The maximum absolute atomic E-state index is 15.8. The number of methoxy groups -OCH3 is 1. The van der Waals surface area contributed by atoms with Crippen LogP contribution in [0.5, 0.6) is 5.75 Å². The molecule has 3 aromatic rings. The number of piperidine rings is 1. The van der Waals surface area contributed by atoms with Gasteiger partial charge in [-0.1, -0.05) is 0 Å².